The van der Waals surface area contributed by atoms with Crippen molar-refractivity contribution in [2.45, 2.75) is 13.0 Å². The second-order valence-corrected chi connectivity index (χ2v) is 7.34. The van der Waals surface area contributed by atoms with Crippen LogP contribution in [-0.2, 0) is 10.0 Å². The highest BCUT2D eigenvalue weighted by atomic mass is 32.2. The lowest BCUT2D eigenvalue weighted by Crippen LogP contribution is -2.31. The maximum atomic E-state index is 12.1. The minimum Gasteiger partial charge on any atom is -0.331 e. The van der Waals surface area contributed by atoms with Crippen LogP contribution in [0.5, 0.6) is 0 Å². The minimum absolute atomic E-state index is 0.0925. The third kappa shape index (κ3) is 5.45. The van der Waals surface area contributed by atoms with E-state index >= 15 is 0 Å². The van der Waals surface area contributed by atoms with Crippen LogP contribution in [0.15, 0.2) is 48.5 Å². The number of nitrogens with zero attached hydrogens (tertiary/aromatic N) is 1. The van der Waals surface area contributed by atoms with Crippen molar-refractivity contribution in [1.82, 2.24) is 5.32 Å². The number of amides is 2. The van der Waals surface area contributed by atoms with E-state index in [0.717, 1.165) is 11.8 Å². The van der Waals surface area contributed by atoms with Crippen LogP contribution in [0.3, 0.4) is 0 Å². The molecule has 0 aliphatic heterocycles. The van der Waals surface area contributed by atoms with Gasteiger partial charge in [0.15, 0.2) is 0 Å². The summed E-state index contributed by atoms with van der Waals surface area (Å²) in [4.78, 5) is 22.5. The quantitative estimate of drug-likeness (QED) is 0.525. The molecule has 26 heavy (non-hydrogen) atoms. The van der Waals surface area contributed by atoms with Gasteiger partial charge in [-0.1, -0.05) is 24.3 Å². The van der Waals surface area contributed by atoms with Gasteiger partial charge in [0.25, 0.3) is 5.69 Å². The summed E-state index contributed by atoms with van der Waals surface area (Å²) >= 11 is 0. The van der Waals surface area contributed by atoms with Crippen molar-refractivity contribution in [2.24, 2.45) is 0 Å². The highest BCUT2D eigenvalue weighted by molar-refractivity contribution is 7.92. The van der Waals surface area contributed by atoms with Gasteiger partial charge in [0.05, 0.1) is 17.2 Å². The summed E-state index contributed by atoms with van der Waals surface area (Å²) in [7, 11) is -3.36. The van der Waals surface area contributed by atoms with Crippen LogP contribution >= 0.6 is 0 Å². The van der Waals surface area contributed by atoms with Crippen LogP contribution in [0.25, 0.3) is 0 Å². The Bertz CT molecular complexity index is 912. The molecule has 0 fully saturated rings. The van der Waals surface area contributed by atoms with Crippen molar-refractivity contribution in [1.29, 1.82) is 0 Å². The van der Waals surface area contributed by atoms with Crippen molar-refractivity contribution in [3.05, 3.63) is 64.2 Å². The van der Waals surface area contributed by atoms with Crippen LogP contribution in [0, 0.1) is 10.1 Å². The van der Waals surface area contributed by atoms with Gasteiger partial charge in [0.2, 0.25) is 10.0 Å². The second-order valence-electron chi connectivity index (χ2n) is 5.59. The Hall–Kier alpha value is -3.14. The molecule has 3 N–H and O–H groups in total. The van der Waals surface area contributed by atoms with Gasteiger partial charge >= 0.3 is 6.03 Å². The molecular formula is C16H18N4O5S. The van der Waals surface area contributed by atoms with Gasteiger partial charge in [-0.2, -0.15) is 0 Å². The molecule has 2 amide bonds. The number of benzene rings is 2. The number of carbonyl (C=O) groups is 1. The van der Waals surface area contributed by atoms with Gasteiger partial charge in [0.1, 0.15) is 5.69 Å². The van der Waals surface area contributed by atoms with Crippen LogP contribution in [0.1, 0.15) is 18.5 Å². The lowest BCUT2D eigenvalue weighted by molar-refractivity contribution is -0.383. The number of nitro benzene ring substituents is 1. The Morgan fingerprint density at radius 2 is 1.73 bits per heavy atom. The zero-order chi connectivity index (χ0) is 19.3. The Labute approximate surface area is 150 Å². The van der Waals surface area contributed by atoms with E-state index in [4.69, 9.17) is 0 Å². The van der Waals surface area contributed by atoms with Gasteiger partial charge in [-0.25, -0.2) is 13.2 Å². The number of sulfonamides is 1. The van der Waals surface area contributed by atoms with Crippen molar-refractivity contribution in [3.8, 4) is 0 Å². The molecular weight excluding hydrogens is 360 g/mol. The van der Waals surface area contributed by atoms with E-state index in [1.807, 2.05) is 0 Å². The molecule has 0 saturated carbocycles. The molecule has 0 aliphatic carbocycles. The standard InChI is InChI=1S/C16H18N4O5S/c1-11(12-7-9-13(10-8-12)19-26(2,24)25)17-16(21)18-14-5-3-4-6-15(14)20(22)23/h3-11,19H,1-2H3,(H2,17,18,21)/t11-/m0/s1. The first-order valence-corrected chi connectivity index (χ1v) is 9.43. The molecule has 0 aromatic heterocycles. The molecule has 10 heteroatoms. The number of nitrogens with one attached hydrogen (secondary N) is 3. The fourth-order valence-corrected chi connectivity index (χ4v) is 2.80. The average molecular weight is 378 g/mol. The van der Waals surface area contributed by atoms with Crippen molar-refractivity contribution in [3.63, 3.8) is 0 Å². The maximum absolute atomic E-state index is 12.1. The van der Waals surface area contributed by atoms with Gasteiger partial charge in [-0.05, 0) is 30.7 Å². The van der Waals surface area contributed by atoms with Crippen LogP contribution in [-0.4, -0.2) is 25.6 Å². The summed E-state index contributed by atoms with van der Waals surface area (Å²) in [6.45, 7) is 1.73. The highest BCUT2D eigenvalue weighted by Crippen LogP contribution is 2.23. The highest BCUT2D eigenvalue weighted by Gasteiger charge is 2.16. The fourth-order valence-electron chi connectivity index (χ4n) is 2.23. The smallest absolute Gasteiger partial charge is 0.319 e. The van der Waals surface area contributed by atoms with Gasteiger partial charge in [-0.15, -0.1) is 0 Å². The zero-order valence-corrected chi connectivity index (χ0v) is 14.9. The number of rotatable bonds is 6. The van der Waals surface area contributed by atoms with Crippen molar-refractivity contribution >= 4 is 33.1 Å². The van der Waals surface area contributed by atoms with Crippen molar-refractivity contribution in [2.75, 3.05) is 16.3 Å². The van der Waals surface area contributed by atoms with E-state index in [1.54, 1.807) is 37.3 Å². The summed E-state index contributed by atoms with van der Waals surface area (Å²) in [5, 5.41) is 16.1. The lowest BCUT2D eigenvalue weighted by Gasteiger charge is -2.15. The first-order valence-electron chi connectivity index (χ1n) is 7.54. The predicted octanol–water partition coefficient (Wildman–Crippen LogP) is 2.85. The zero-order valence-electron chi connectivity index (χ0n) is 14.1. The van der Waals surface area contributed by atoms with E-state index in [1.165, 1.54) is 18.2 Å². The number of urea groups is 1. The topological polar surface area (TPSA) is 130 Å². The summed E-state index contributed by atoms with van der Waals surface area (Å²) in [6, 6.07) is 11.3. The summed E-state index contributed by atoms with van der Waals surface area (Å²) in [6.07, 6.45) is 1.05. The van der Waals surface area contributed by atoms with E-state index in [-0.39, 0.29) is 11.4 Å². The molecule has 2 aromatic carbocycles. The van der Waals surface area contributed by atoms with E-state index < -0.39 is 27.0 Å². The van der Waals surface area contributed by atoms with Crippen LogP contribution in [0.4, 0.5) is 21.9 Å². The number of para-hydroxylation sites is 2. The van der Waals surface area contributed by atoms with Crippen LogP contribution < -0.4 is 15.4 Å². The largest absolute Gasteiger partial charge is 0.331 e. The fraction of sp³-hybridized carbons (Fsp3) is 0.188. The summed E-state index contributed by atoms with van der Waals surface area (Å²) in [5.74, 6) is 0. The lowest BCUT2D eigenvalue weighted by atomic mass is 10.1. The molecule has 138 valence electrons. The van der Waals surface area contributed by atoms with E-state index in [2.05, 4.69) is 15.4 Å². The summed E-state index contributed by atoms with van der Waals surface area (Å²) < 4.78 is 24.7. The Morgan fingerprint density at radius 3 is 2.31 bits per heavy atom. The van der Waals surface area contributed by atoms with Gasteiger partial charge in [0, 0.05) is 11.8 Å². The maximum Gasteiger partial charge on any atom is 0.319 e. The van der Waals surface area contributed by atoms with E-state index in [0.29, 0.717) is 5.69 Å². The van der Waals surface area contributed by atoms with Gasteiger partial charge in [-0.3, -0.25) is 14.8 Å². The first kappa shape index (κ1) is 19.2. The number of nitro groups is 1. The molecule has 0 radical (unpaired) electrons. The Balaban J connectivity index is 2.02. The molecule has 0 bridgehead atoms. The molecule has 1 atom stereocenters. The molecule has 2 rings (SSSR count). The molecule has 0 unspecified atom stereocenters. The van der Waals surface area contributed by atoms with E-state index in [9.17, 15) is 23.3 Å². The normalized spacial score (nSPS) is 12.1. The number of carbonyl (C=O) groups excluding carboxylic acids is 1. The predicted molar refractivity (Wildman–Crippen MR) is 98.6 cm³/mol. The molecule has 0 spiro atoms. The Morgan fingerprint density at radius 1 is 1.12 bits per heavy atom. The molecule has 9 nitrogen and oxygen atoms in total. The van der Waals surface area contributed by atoms with Crippen LogP contribution in [0.2, 0.25) is 0 Å². The Kier molecular flexibility index (Phi) is 5.78. The second kappa shape index (κ2) is 7.83. The third-order valence-electron chi connectivity index (χ3n) is 3.41. The number of anilines is 2. The SMILES string of the molecule is C[C@H](NC(=O)Nc1ccccc1[N+](=O)[O-])c1ccc(NS(C)(=O)=O)cc1. The molecule has 2 aromatic rings. The molecule has 0 heterocycles. The summed E-state index contributed by atoms with van der Waals surface area (Å²) in [5.41, 5.74) is 1.04. The number of hydrogen-bond acceptors (Lipinski definition) is 5. The number of hydrogen-bond donors (Lipinski definition) is 3. The minimum atomic E-state index is -3.36. The average Bonchev–Trinajstić information content (AvgIpc) is 2.54. The third-order valence-corrected chi connectivity index (χ3v) is 4.02. The van der Waals surface area contributed by atoms with Crippen molar-refractivity contribution < 1.29 is 18.1 Å². The first-order chi connectivity index (χ1) is 12.2. The van der Waals surface area contributed by atoms with Gasteiger partial charge < -0.3 is 10.6 Å². The molecule has 0 aliphatic rings. The monoisotopic (exact) mass is 378 g/mol. The molecule has 0 saturated heterocycles.